The van der Waals surface area contributed by atoms with E-state index in [1.807, 2.05) is 18.2 Å². The molecule has 2 rings (SSSR count). The summed E-state index contributed by atoms with van der Waals surface area (Å²) in [5.41, 5.74) is 3.23. The summed E-state index contributed by atoms with van der Waals surface area (Å²) in [6.45, 7) is 0. The van der Waals surface area contributed by atoms with Crippen LogP contribution in [0, 0.1) is 0 Å². The van der Waals surface area contributed by atoms with Gasteiger partial charge in [-0.15, -0.1) is 5.48 Å². The van der Waals surface area contributed by atoms with Crippen molar-refractivity contribution in [2.75, 3.05) is 0 Å². The van der Waals surface area contributed by atoms with Gasteiger partial charge in [0.25, 0.3) is 0 Å². The Balaban J connectivity index is 2.51. The molecule has 3 nitrogen and oxygen atoms in total. The zero-order valence-corrected chi connectivity index (χ0v) is 5.24. The Bertz CT molecular complexity index is 249. The third-order valence-corrected chi connectivity index (χ3v) is 1.49. The molecular weight excluding hydrogens is 130 g/mol. The number of aliphatic hydroxyl groups excluding tert-OH is 1. The number of nitrogens with one attached hydrogen (secondary N) is 1. The Hall–Kier alpha value is -1.06. The molecule has 0 aromatic heterocycles. The molecule has 0 radical (unpaired) electrons. The Morgan fingerprint density at radius 2 is 2.20 bits per heavy atom. The Morgan fingerprint density at radius 1 is 1.40 bits per heavy atom. The minimum absolute atomic E-state index is 0.670. The minimum Gasteiger partial charge on any atom is -0.405 e. The third-order valence-electron chi connectivity index (χ3n) is 1.49. The van der Waals surface area contributed by atoms with Crippen LogP contribution >= 0.6 is 0 Å². The maximum atomic E-state index is 9.15. The standard InChI is InChI=1S/C7H7NO2/c9-7-5-3-1-2-4-6(5)10-8-7/h1-4,7-9H. The quantitative estimate of drug-likeness (QED) is 0.549. The molecule has 2 N–H and O–H groups in total. The van der Waals surface area contributed by atoms with Crippen molar-refractivity contribution < 1.29 is 9.94 Å². The zero-order valence-electron chi connectivity index (χ0n) is 5.24. The fourth-order valence-corrected chi connectivity index (χ4v) is 0.982. The van der Waals surface area contributed by atoms with E-state index in [-0.39, 0.29) is 0 Å². The predicted octanol–water partition coefficient (Wildman–Crippen LogP) is 0.575. The van der Waals surface area contributed by atoms with Crippen LogP contribution in [0.1, 0.15) is 11.8 Å². The maximum absolute atomic E-state index is 9.15. The van der Waals surface area contributed by atoms with Crippen LogP contribution in [0.2, 0.25) is 0 Å². The summed E-state index contributed by atoms with van der Waals surface area (Å²) in [4.78, 5) is 4.91. The van der Waals surface area contributed by atoms with E-state index in [1.165, 1.54) is 0 Å². The fourth-order valence-electron chi connectivity index (χ4n) is 0.982. The molecule has 1 aliphatic rings. The van der Waals surface area contributed by atoms with Crippen LogP contribution in [-0.4, -0.2) is 5.11 Å². The van der Waals surface area contributed by atoms with Crippen molar-refractivity contribution in [2.24, 2.45) is 0 Å². The molecule has 3 heteroatoms. The number of hydrogen-bond acceptors (Lipinski definition) is 3. The molecule has 1 aromatic carbocycles. The molecule has 0 saturated carbocycles. The molecule has 1 heterocycles. The average molecular weight is 137 g/mol. The summed E-state index contributed by atoms with van der Waals surface area (Å²) in [6.07, 6.45) is -0.670. The molecule has 10 heavy (non-hydrogen) atoms. The predicted molar refractivity (Wildman–Crippen MR) is 35.2 cm³/mol. The van der Waals surface area contributed by atoms with E-state index in [4.69, 9.17) is 9.94 Å². The third kappa shape index (κ3) is 0.683. The van der Waals surface area contributed by atoms with Gasteiger partial charge in [-0.2, -0.15) is 0 Å². The summed E-state index contributed by atoms with van der Waals surface area (Å²) in [7, 11) is 0. The van der Waals surface area contributed by atoms with Gasteiger partial charge in [0.15, 0.2) is 12.0 Å². The van der Waals surface area contributed by atoms with E-state index >= 15 is 0 Å². The number of para-hydroxylation sites is 1. The van der Waals surface area contributed by atoms with Crippen molar-refractivity contribution in [2.45, 2.75) is 6.23 Å². The second-order valence-corrected chi connectivity index (χ2v) is 2.16. The van der Waals surface area contributed by atoms with Crippen LogP contribution in [0.25, 0.3) is 0 Å². The molecule has 1 aromatic rings. The highest BCUT2D eigenvalue weighted by Gasteiger charge is 2.19. The molecule has 1 atom stereocenters. The van der Waals surface area contributed by atoms with Gasteiger partial charge in [-0.05, 0) is 6.07 Å². The highest BCUT2D eigenvalue weighted by atomic mass is 16.7. The molecule has 0 spiro atoms. The molecule has 0 amide bonds. The van der Waals surface area contributed by atoms with E-state index in [0.29, 0.717) is 5.75 Å². The summed E-state index contributed by atoms with van der Waals surface area (Å²) in [5.74, 6) is 0.704. The smallest absolute Gasteiger partial charge is 0.166 e. The van der Waals surface area contributed by atoms with Crippen molar-refractivity contribution in [1.82, 2.24) is 5.48 Å². The average Bonchev–Trinajstić information content (AvgIpc) is 2.34. The number of aliphatic hydroxyl groups is 1. The van der Waals surface area contributed by atoms with Crippen molar-refractivity contribution in [1.29, 1.82) is 0 Å². The lowest BCUT2D eigenvalue weighted by molar-refractivity contribution is 0.0529. The second-order valence-electron chi connectivity index (χ2n) is 2.16. The van der Waals surface area contributed by atoms with Crippen molar-refractivity contribution >= 4 is 0 Å². The maximum Gasteiger partial charge on any atom is 0.166 e. The highest BCUT2D eigenvalue weighted by molar-refractivity contribution is 5.36. The van der Waals surface area contributed by atoms with Crippen LogP contribution in [0.15, 0.2) is 24.3 Å². The summed E-state index contributed by atoms with van der Waals surface area (Å²) in [6, 6.07) is 7.34. The Labute approximate surface area is 58.2 Å². The number of fused-ring (bicyclic) bond motifs is 1. The summed E-state index contributed by atoms with van der Waals surface area (Å²) >= 11 is 0. The van der Waals surface area contributed by atoms with Crippen molar-refractivity contribution in [3.63, 3.8) is 0 Å². The molecule has 0 saturated heterocycles. The monoisotopic (exact) mass is 137 g/mol. The van der Waals surface area contributed by atoms with Crippen LogP contribution in [0.3, 0.4) is 0 Å². The SMILES string of the molecule is OC1NOc2ccccc21. The van der Waals surface area contributed by atoms with Gasteiger partial charge in [0.1, 0.15) is 0 Å². The molecule has 0 aliphatic carbocycles. The van der Waals surface area contributed by atoms with E-state index in [2.05, 4.69) is 5.48 Å². The lowest BCUT2D eigenvalue weighted by Crippen LogP contribution is -2.15. The molecule has 1 aliphatic heterocycles. The van der Waals surface area contributed by atoms with Gasteiger partial charge in [-0.3, -0.25) is 0 Å². The van der Waals surface area contributed by atoms with Crippen LogP contribution in [-0.2, 0) is 0 Å². The minimum atomic E-state index is -0.670. The molecule has 1 unspecified atom stereocenters. The van der Waals surface area contributed by atoms with Crippen LogP contribution in [0.4, 0.5) is 0 Å². The number of benzene rings is 1. The van der Waals surface area contributed by atoms with Crippen LogP contribution in [0.5, 0.6) is 5.75 Å². The second kappa shape index (κ2) is 1.97. The largest absolute Gasteiger partial charge is 0.405 e. The van der Waals surface area contributed by atoms with Gasteiger partial charge < -0.3 is 9.94 Å². The number of hydroxylamine groups is 1. The van der Waals surface area contributed by atoms with E-state index < -0.39 is 6.23 Å². The highest BCUT2D eigenvalue weighted by Crippen LogP contribution is 2.27. The lowest BCUT2D eigenvalue weighted by atomic mass is 10.2. The van der Waals surface area contributed by atoms with Gasteiger partial charge in [-0.25, -0.2) is 0 Å². The van der Waals surface area contributed by atoms with Gasteiger partial charge in [0, 0.05) is 5.56 Å². The van der Waals surface area contributed by atoms with Gasteiger partial charge in [-0.1, -0.05) is 18.2 Å². The van der Waals surface area contributed by atoms with Crippen molar-refractivity contribution in [3.8, 4) is 5.75 Å². The fraction of sp³-hybridized carbons (Fsp3) is 0.143. The first-order valence-corrected chi connectivity index (χ1v) is 3.07. The van der Waals surface area contributed by atoms with E-state index in [9.17, 15) is 0 Å². The summed E-state index contributed by atoms with van der Waals surface area (Å²) in [5, 5.41) is 9.15. The Morgan fingerprint density at radius 3 is 3.00 bits per heavy atom. The normalized spacial score (nSPS) is 21.9. The zero-order chi connectivity index (χ0) is 6.97. The molecule has 0 fully saturated rings. The van der Waals surface area contributed by atoms with E-state index in [0.717, 1.165) is 5.56 Å². The summed E-state index contributed by atoms with van der Waals surface area (Å²) < 4.78 is 0. The van der Waals surface area contributed by atoms with Gasteiger partial charge >= 0.3 is 0 Å². The first-order chi connectivity index (χ1) is 4.88. The number of rotatable bonds is 0. The first kappa shape index (κ1) is 5.70. The Kier molecular flexibility index (Phi) is 1.12. The first-order valence-electron chi connectivity index (χ1n) is 3.07. The van der Waals surface area contributed by atoms with E-state index in [1.54, 1.807) is 6.07 Å². The van der Waals surface area contributed by atoms with Gasteiger partial charge in [0.05, 0.1) is 0 Å². The van der Waals surface area contributed by atoms with Crippen molar-refractivity contribution in [3.05, 3.63) is 29.8 Å². The van der Waals surface area contributed by atoms with Crippen LogP contribution < -0.4 is 10.3 Å². The lowest BCUT2D eigenvalue weighted by Gasteiger charge is -1.96. The molecule has 52 valence electrons. The molecule has 0 bridgehead atoms. The number of hydrogen-bond donors (Lipinski definition) is 2. The van der Waals surface area contributed by atoms with Gasteiger partial charge in [0.2, 0.25) is 0 Å². The topological polar surface area (TPSA) is 41.5 Å². The molecular formula is C7H7NO2.